The Balaban J connectivity index is 2.43. The van der Waals surface area contributed by atoms with Gasteiger partial charge in [0.2, 0.25) is 0 Å². The van der Waals surface area contributed by atoms with E-state index in [0.717, 1.165) is 0 Å². The van der Waals surface area contributed by atoms with Gasteiger partial charge in [0, 0.05) is 10.6 Å². The van der Waals surface area contributed by atoms with E-state index in [-0.39, 0.29) is 18.2 Å². The number of carboxylic acids is 1. The Morgan fingerprint density at radius 3 is 2.80 bits per heavy atom. The highest BCUT2D eigenvalue weighted by atomic mass is 35.5. The van der Waals surface area contributed by atoms with Crippen LogP contribution in [-0.2, 0) is 6.54 Å². The van der Waals surface area contributed by atoms with Gasteiger partial charge in [0.25, 0.3) is 0 Å². The van der Waals surface area contributed by atoms with Crippen molar-refractivity contribution in [2.45, 2.75) is 26.3 Å². The minimum atomic E-state index is -1.15. The summed E-state index contributed by atoms with van der Waals surface area (Å²) in [6.07, 6.45) is 0. The van der Waals surface area contributed by atoms with Crippen molar-refractivity contribution in [1.82, 2.24) is 15.0 Å². The van der Waals surface area contributed by atoms with Gasteiger partial charge in [-0.25, -0.2) is 13.9 Å². The summed E-state index contributed by atoms with van der Waals surface area (Å²) in [5, 5.41) is 16.9. The van der Waals surface area contributed by atoms with E-state index in [1.807, 2.05) is 13.8 Å². The predicted molar refractivity (Wildman–Crippen MR) is 71.6 cm³/mol. The smallest absolute Gasteiger partial charge is 0.358 e. The van der Waals surface area contributed by atoms with Crippen LogP contribution in [0, 0.1) is 5.82 Å². The molecule has 1 aromatic heterocycles. The van der Waals surface area contributed by atoms with Crippen LogP contribution in [0.5, 0.6) is 0 Å². The summed E-state index contributed by atoms with van der Waals surface area (Å²) in [6.45, 7) is 3.74. The minimum Gasteiger partial charge on any atom is -0.476 e. The van der Waals surface area contributed by atoms with Gasteiger partial charge in [-0.05, 0) is 24.1 Å². The number of halogens is 2. The summed E-state index contributed by atoms with van der Waals surface area (Å²) >= 11 is 5.83. The SMILES string of the molecule is CC(C)c1c(C(=O)O)nnn1Cc1cc(Cl)ccc1F. The van der Waals surface area contributed by atoms with Crippen molar-refractivity contribution in [2.75, 3.05) is 0 Å². The summed E-state index contributed by atoms with van der Waals surface area (Å²) in [5.74, 6) is -1.67. The third-order valence-electron chi connectivity index (χ3n) is 2.85. The molecule has 106 valence electrons. The molecule has 0 aliphatic carbocycles. The maximum Gasteiger partial charge on any atom is 0.358 e. The molecule has 5 nitrogen and oxygen atoms in total. The molecule has 1 N–H and O–H groups in total. The zero-order chi connectivity index (χ0) is 14.9. The van der Waals surface area contributed by atoms with Crippen molar-refractivity contribution in [3.63, 3.8) is 0 Å². The molecule has 0 atom stereocenters. The van der Waals surface area contributed by atoms with Crippen molar-refractivity contribution in [3.05, 3.63) is 46.0 Å². The third-order valence-corrected chi connectivity index (χ3v) is 3.09. The molecule has 0 spiro atoms. The summed E-state index contributed by atoms with van der Waals surface area (Å²) in [7, 11) is 0. The van der Waals surface area contributed by atoms with Crippen molar-refractivity contribution in [3.8, 4) is 0 Å². The topological polar surface area (TPSA) is 68.0 Å². The highest BCUT2D eigenvalue weighted by molar-refractivity contribution is 6.30. The molecule has 0 radical (unpaired) electrons. The van der Waals surface area contributed by atoms with Gasteiger partial charge in [-0.15, -0.1) is 5.10 Å². The quantitative estimate of drug-likeness (QED) is 0.942. The molecular formula is C13H13ClFN3O2. The first-order valence-corrected chi connectivity index (χ1v) is 6.38. The summed E-state index contributed by atoms with van der Waals surface area (Å²) < 4.78 is 15.1. The first-order chi connectivity index (χ1) is 9.40. The average Bonchev–Trinajstić information content (AvgIpc) is 2.78. The molecule has 7 heteroatoms. The lowest BCUT2D eigenvalue weighted by molar-refractivity contribution is 0.0688. The van der Waals surface area contributed by atoms with Gasteiger partial charge in [0.1, 0.15) is 5.82 Å². The highest BCUT2D eigenvalue weighted by Gasteiger charge is 2.22. The molecule has 0 fully saturated rings. The Labute approximate surface area is 120 Å². The fraction of sp³-hybridized carbons (Fsp3) is 0.308. The van der Waals surface area contributed by atoms with E-state index in [9.17, 15) is 9.18 Å². The maximum absolute atomic E-state index is 13.7. The molecule has 0 bridgehead atoms. The van der Waals surface area contributed by atoms with Crippen LogP contribution in [0.2, 0.25) is 5.02 Å². The summed E-state index contributed by atoms with van der Waals surface area (Å²) in [4.78, 5) is 11.1. The molecule has 2 rings (SSSR count). The highest BCUT2D eigenvalue weighted by Crippen LogP contribution is 2.21. The lowest BCUT2D eigenvalue weighted by Gasteiger charge is -2.10. The number of hydrogen-bond acceptors (Lipinski definition) is 3. The number of benzene rings is 1. The lowest BCUT2D eigenvalue weighted by atomic mass is 10.1. The van der Waals surface area contributed by atoms with Crippen LogP contribution in [0.4, 0.5) is 4.39 Å². The number of aromatic nitrogens is 3. The van der Waals surface area contributed by atoms with Gasteiger partial charge in [-0.3, -0.25) is 0 Å². The van der Waals surface area contributed by atoms with E-state index in [0.29, 0.717) is 16.3 Å². The van der Waals surface area contributed by atoms with E-state index in [2.05, 4.69) is 10.3 Å². The number of hydrogen-bond donors (Lipinski definition) is 1. The fourth-order valence-corrected chi connectivity index (χ4v) is 2.18. The molecule has 0 unspecified atom stereocenters. The van der Waals surface area contributed by atoms with Crippen molar-refractivity contribution in [1.29, 1.82) is 0 Å². The normalized spacial score (nSPS) is 11.1. The minimum absolute atomic E-state index is 0.0835. The zero-order valence-electron chi connectivity index (χ0n) is 11.0. The van der Waals surface area contributed by atoms with Gasteiger partial charge in [0.15, 0.2) is 5.69 Å². The van der Waals surface area contributed by atoms with Crippen molar-refractivity contribution >= 4 is 17.6 Å². The van der Waals surface area contributed by atoms with Gasteiger partial charge in [-0.1, -0.05) is 30.7 Å². The van der Waals surface area contributed by atoms with Crippen LogP contribution in [0.3, 0.4) is 0 Å². The number of aromatic carboxylic acids is 1. The molecule has 0 aliphatic heterocycles. The van der Waals surface area contributed by atoms with Crippen molar-refractivity contribution in [2.24, 2.45) is 0 Å². The van der Waals surface area contributed by atoms with E-state index in [1.165, 1.54) is 22.9 Å². The fourth-order valence-electron chi connectivity index (χ4n) is 1.99. The second kappa shape index (κ2) is 5.58. The summed E-state index contributed by atoms with van der Waals surface area (Å²) in [5.41, 5.74) is 0.681. The summed E-state index contributed by atoms with van der Waals surface area (Å²) in [6, 6.07) is 4.21. The van der Waals surface area contributed by atoms with Gasteiger partial charge >= 0.3 is 5.97 Å². The third kappa shape index (κ3) is 2.80. The van der Waals surface area contributed by atoms with Crippen LogP contribution >= 0.6 is 11.6 Å². The Morgan fingerprint density at radius 2 is 2.20 bits per heavy atom. The van der Waals surface area contributed by atoms with Crippen LogP contribution < -0.4 is 0 Å². The molecule has 20 heavy (non-hydrogen) atoms. The first-order valence-electron chi connectivity index (χ1n) is 6.00. The Bertz CT molecular complexity index is 655. The first kappa shape index (κ1) is 14.5. The average molecular weight is 298 g/mol. The maximum atomic E-state index is 13.7. The number of rotatable bonds is 4. The number of carbonyl (C=O) groups is 1. The molecule has 2 aromatic rings. The van der Waals surface area contributed by atoms with Crippen LogP contribution in [0.15, 0.2) is 18.2 Å². The molecule has 1 aromatic carbocycles. The van der Waals surface area contributed by atoms with E-state index in [1.54, 1.807) is 0 Å². The van der Waals surface area contributed by atoms with E-state index in [4.69, 9.17) is 16.7 Å². The van der Waals surface area contributed by atoms with Gasteiger partial charge in [-0.2, -0.15) is 0 Å². The second-order valence-electron chi connectivity index (χ2n) is 4.68. The zero-order valence-corrected chi connectivity index (χ0v) is 11.7. The standard InChI is InChI=1S/C13H13ClFN3O2/c1-7(2)12-11(13(19)20)16-17-18(12)6-8-5-9(14)3-4-10(8)15/h3-5,7H,6H2,1-2H3,(H,19,20). The lowest BCUT2D eigenvalue weighted by Crippen LogP contribution is -2.11. The predicted octanol–water partition coefficient (Wildman–Crippen LogP) is 2.94. The molecule has 0 saturated heterocycles. The largest absolute Gasteiger partial charge is 0.476 e. The van der Waals surface area contributed by atoms with E-state index >= 15 is 0 Å². The second-order valence-corrected chi connectivity index (χ2v) is 5.11. The van der Waals surface area contributed by atoms with E-state index < -0.39 is 11.8 Å². The number of carboxylic acid groups (broad SMARTS) is 1. The van der Waals surface area contributed by atoms with Gasteiger partial charge < -0.3 is 5.11 Å². The molecule has 0 aliphatic rings. The van der Waals surface area contributed by atoms with Crippen molar-refractivity contribution < 1.29 is 14.3 Å². The Hall–Kier alpha value is -1.95. The monoisotopic (exact) mass is 297 g/mol. The van der Waals surface area contributed by atoms with Crippen LogP contribution in [0.25, 0.3) is 0 Å². The molecule has 0 saturated carbocycles. The number of nitrogens with zero attached hydrogens (tertiary/aromatic N) is 3. The van der Waals surface area contributed by atoms with Crippen LogP contribution in [0.1, 0.15) is 41.5 Å². The Morgan fingerprint density at radius 1 is 1.50 bits per heavy atom. The van der Waals surface area contributed by atoms with Crippen LogP contribution in [-0.4, -0.2) is 26.1 Å². The molecular weight excluding hydrogens is 285 g/mol. The molecule has 1 heterocycles. The van der Waals surface area contributed by atoms with Gasteiger partial charge in [0.05, 0.1) is 12.2 Å². The Kier molecular flexibility index (Phi) is 4.04. The molecule has 0 amide bonds.